The lowest BCUT2D eigenvalue weighted by atomic mass is 9.81. The highest BCUT2D eigenvalue weighted by Crippen LogP contribution is 2.27. The predicted octanol–water partition coefficient (Wildman–Crippen LogP) is 2.54. The maximum atomic E-state index is 11.9. The molecular formula is C13H21ClN2O2S. The maximum absolute atomic E-state index is 11.9. The summed E-state index contributed by atoms with van der Waals surface area (Å²) >= 11 is 1.50. The van der Waals surface area contributed by atoms with Crippen molar-refractivity contribution in [2.75, 3.05) is 25.9 Å². The van der Waals surface area contributed by atoms with E-state index in [1.165, 1.54) is 11.8 Å². The van der Waals surface area contributed by atoms with Crippen LogP contribution in [0.2, 0.25) is 0 Å². The molecule has 0 bridgehead atoms. The van der Waals surface area contributed by atoms with E-state index in [4.69, 9.17) is 4.42 Å². The van der Waals surface area contributed by atoms with Crippen molar-refractivity contribution in [2.45, 2.75) is 24.9 Å². The summed E-state index contributed by atoms with van der Waals surface area (Å²) < 4.78 is 5.41. The average molecular weight is 305 g/mol. The van der Waals surface area contributed by atoms with Gasteiger partial charge in [-0.1, -0.05) is 18.7 Å². The summed E-state index contributed by atoms with van der Waals surface area (Å²) in [6.45, 7) is 5.00. The fraction of sp³-hybridized carbons (Fsp3) is 0.615. The molecule has 1 fully saturated rings. The van der Waals surface area contributed by atoms with E-state index in [0.717, 1.165) is 31.0 Å². The first-order valence-electron chi connectivity index (χ1n) is 6.26. The van der Waals surface area contributed by atoms with Gasteiger partial charge in [0.2, 0.25) is 0 Å². The van der Waals surface area contributed by atoms with Crippen LogP contribution in [-0.4, -0.2) is 31.8 Å². The third-order valence-electron chi connectivity index (χ3n) is 3.49. The Kier molecular flexibility index (Phi) is 6.23. The van der Waals surface area contributed by atoms with Crippen LogP contribution in [0.3, 0.4) is 0 Å². The van der Waals surface area contributed by atoms with Gasteiger partial charge < -0.3 is 15.1 Å². The zero-order chi connectivity index (χ0) is 13.0. The number of carbonyl (C=O) groups is 1. The minimum Gasteiger partial charge on any atom is -0.445 e. The fourth-order valence-corrected chi connectivity index (χ4v) is 2.52. The normalized spacial score (nSPS) is 17.6. The molecule has 0 aromatic carbocycles. The number of piperidine rings is 1. The fourth-order valence-electron chi connectivity index (χ4n) is 2.14. The second-order valence-corrected chi connectivity index (χ2v) is 5.88. The molecule has 0 radical (unpaired) electrons. The van der Waals surface area contributed by atoms with Crippen molar-refractivity contribution in [3.63, 3.8) is 0 Å². The van der Waals surface area contributed by atoms with E-state index in [1.807, 2.05) is 12.3 Å². The molecule has 1 saturated heterocycles. The molecule has 0 unspecified atom stereocenters. The molecule has 0 aliphatic carbocycles. The van der Waals surface area contributed by atoms with Crippen molar-refractivity contribution in [1.29, 1.82) is 0 Å². The number of nitrogens with one attached hydrogen (secondary N) is 2. The van der Waals surface area contributed by atoms with Crippen molar-refractivity contribution in [3.8, 4) is 0 Å². The van der Waals surface area contributed by atoms with Crippen LogP contribution in [0, 0.1) is 5.41 Å². The second-order valence-electron chi connectivity index (χ2n) is 5.07. The van der Waals surface area contributed by atoms with Crippen LogP contribution in [0.1, 0.15) is 30.3 Å². The van der Waals surface area contributed by atoms with Crippen LogP contribution >= 0.6 is 24.2 Å². The number of amides is 1. The molecule has 19 heavy (non-hydrogen) atoms. The van der Waals surface area contributed by atoms with Gasteiger partial charge in [-0.25, -0.2) is 0 Å². The molecule has 1 aromatic heterocycles. The number of halogens is 1. The van der Waals surface area contributed by atoms with Crippen molar-refractivity contribution in [2.24, 2.45) is 5.41 Å². The minimum atomic E-state index is -0.116. The Hall–Kier alpha value is -0.650. The maximum Gasteiger partial charge on any atom is 0.287 e. The summed E-state index contributed by atoms with van der Waals surface area (Å²) in [7, 11) is 0. The van der Waals surface area contributed by atoms with Gasteiger partial charge in [0.1, 0.15) is 0 Å². The number of carbonyl (C=O) groups excluding carboxylic acids is 1. The first-order chi connectivity index (χ1) is 8.63. The zero-order valence-electron chi connectivity index (χ0n) is 11.3. The van der Waals surface area contributed by atoms with E-state index in [-0.39, 0.29) is 23.7 Å². The molecule has 2 rings (SSSR count). The Bertz CT molecular complexity index is 417. The molecule has 6 heteroatoms. The van der Waals surface area contributed by atoms with Gasteiger partial charge in [-0.3, -0.25) is 4.79 Å². The molecule has 108 valence electrons. The molecule has 1 amide bonds. The SMILES string of the molecule is CSc1ccc(C(=O)NCC2(C)CCNCC2)o1.Cl. The molecule has 0 spiro atoms. The van der Waals surface area contributed by atoms with Gasteiger partial charge in [-0.2, -0.15) is 0 Å². The van der Waals surface area contributed by atoms with E-state index >= 15 is 0 Å². The number of furan rings is 1. The quantitative estimate of drug-likeness (QED) is 0.839. The Morgan fingerprint density at radius 2 is 2.16 bits per heavy atom. The summed E-state index contributed by atoms with van der Waals surface area (Å²) in [6, 6.07) is 3.55. The number of hydrogen-bond donors (Lipinski definition) is 2. The van der Waals surface area contributed by atoms with Crippen LogP contribution in [0.15, 0.2) is 21.6 Å². The Morgan fingerprint density at radius 3 is 2.74 bits per heavy atom. The molecular weight excluding hydrogens is 284 g/mol. The number of thioether (sulfide) groups is 1. The minimum absolute atomic E-state index is 0. The van der Waals surface area contributed by atoms with E-state index < -0.39 is 0 Å². The summed E-state index contributed by atoms with van der Waals surface area (Å²) in [4.78, 5) is 11.9. The predicted molar refractivity (Wildman–Crippen MR) is 80.3 cm³/mol. The van der Waals surface area contributed by atoms with Crippen molar-refractivity contribution < 1.29 is 9.21 Å². The summed E-state index contributed by atoms with van der Waals surface area (Å²) in [5, 5.41) is 7.08. The van der Waals surface area contributed by atoms with Crippen molar-refractivity contribution in [3.05, 3.63) is 17.9 Å². The third kappa shape index (κ3) is 4.44. The van der Waals surface area contributed by atoms with Crippen molar-refractivity contribution in [1.82, 2.24) is 10.6 Å². The highest BCUT2D eigenvalue weighted by molar-refractivity contribution is 7.98. The van der Waals surface area contributed by atoms with Gasteiger partial charge in [-0.15, -0.1) is 12.4 Å². The van der Waals surface area contributed by atoms with Gasteiger partial charge in [-0.05, 0) is 49.7 Å². The summed E-state index contributed by atoms with van der Waals surface area (Å²) in [5.74, 6) is 0.284. The molecule has 2 heterocycles. The van der Waals surface area contributed by atoms with Crippen LogP contribution in [-0.2, 0) is 0 Å². The average Bonchev–Trinajstić information content (AvgIpc) is 2.86. The second kappa shape index (κ2) is 7.22. The van der Waals surface area contributed by atoms with Gasteiger partial charge in [0.15, 0.2) is 10.9 Å². The van der Waals surface area contributed by atoms with E-state index in [2.05, 4.69) is 17.6 Å². The highest BCUT2D eigenvalue weighted by atomic mass is 35.5. The standard InChI is InChI=1S/C13H20N2O2S.ClH/c1-13(5-7-14-8-6-13)9-15-12(16)10-3-4-11(17-10)18-2;/h3-4,14H,5-9H2,1-2H3,(H,15,16);1H. The molecule has 0 saturated carbocycles. The number of rotatable bonds is 4. The van der Waals surface area contributed by atoms with Gasteiger partial charge in [0.25, 0.3) is 5.91 Å². The van der Waals surface area contributed by atoms with Crippen LogP contribution in [0.25, 0.3) is 0 Å². The van der Waals surface area contributed by atoms with Crippen LogP contribution < -0.4 is 10.6 Å². The highest BCUT2D eigenvalue weighted by Gasteiger charge is 2.27. The lowest BCUT2D eigenvalue weighted by Crippen LogP contribution is -2.42. The first kappa shape index (κ1) is 16.4. The summed E-state index contributed by atoms with van der Waals surface area (Å²) in [5.41, 5.74) is 0.204. The zero-order valence-corrected chi connectivity index (χ0v) is 13.0. The Labute approximate surface area is 124 Å². The Morgan fingerprint density at radius 1 is 1.47 bits per heavy atom. The largest absolute Gasteiger partial charge is 0.445 e. The molecule has 1 aliphatic heterocycles. The van der Waals surface area contributed by atoms with Gasteiger partial charge >= 0.3 is 0 Å². The van der Waals surface area contributed by atoms with Gasteiger partial charge in [0.05, 0.1) is 0 Å². The monoisotopic (exact) mass is 304 g/mol. The molecule has 2 N–H and O–H groups in total. The smallest absolute Gasteiger partial charge is 0.287 e. The third-order valence-corrected chi connectivity index (χ3v) is 4.11. The van der Waals surface area contributed by atoms with E-state index in [0.29, 0.717) is 12.3 Å². The molecule has 0 atom stereocenters. The molecule has 4 nitrogen and oxygen atoms in total. The van der Waals surface area contributed by atoms with Gasteiger partial charge in [0, 0.05) is 6.54 Å². The van der Waals surface area contributed by atoms with E-state index in [1.54, 1.807) is 6.07 Å². The number of hydrogen-bond acceptors (Lipinski definition) is 4. The molecule has 1 aliphatic rings. The topological polar surface area (TPSA) is 54.3 Å². The lowest BCUT2D eigenvalue weighted by Gasteiger charge is -2.33. The first-order valence-corrected chi connectivity index (χ1v) is 7.48. The molecule has 1 aromatic rings. The Balaban J connectivity index is 0.00000180. The summed E-state index contributed by atoms with van der Waals surface area (Å²) in [6.07, 6.45) is 4.12. The van der Waals surface area contributed by atoms with Crippen molar-refractivity contribution >= 4 is 30.1 Å². The van der Waals surface area contributed by atoms with Crippen LogP contribution in [0.5, 0.6) is 0 Å². The van der Waals surface area contributed by atoms with E-state index in [9.17, 15) is 4.79 Å². The van der Waals surface area contributed by atoms with Crippen LogP contribution in [0.4, 0.5) is 0 Å². The lowest BCUT2D eigenvalue weighted by molar-refractivity contribution is 0.0889.